The Bertz CT molecular complexity index is 871. The Hall–Kier alpha value is -1.62. The van der Waals surface area contributed by atoms with Crippen LogP contribution in [-0.2, 0) is 19.4 Å². The van der Waals surface area contributed by atoms with Crippen LogP contribution in [0.5, 0.6) is 0 Å². The van der Waals surface area contributed by atoms with Crippen molar-refractivity contribution in [1.82, 2.24) is 20.1 Å². The minimum Gasteiger partial charge on any atom is -0.314 e. The number of fused-ring (bicyclic) bond motifs is 3. The molecule has 2 heterocycles. The quantitative estimate of drug-likeness (QED) is 0.763. The van der Waals surface area contributed by atoms with E-state index < -0.39 is 0 Å². The molecule has 2 N–H and O–H groups in total. The molecule has 0 bridgehead atoms. The molecular formula is C22H32N4O. The predicted octanol–water partition coefficient (Wildman–Crippen LogP) is 3.79. The Kier molecular flexibility index (Phi) is 4.80. The highest BCUT2D eigenvalue weighted by molar-refractivity contribution is 5.84. The number of aromatic amines is 1. The molecule has 0 aliphatic heterocycles. The van der Waals surface area contributed by atoms with Crippen molar-refractivity contribution in [2.75, 3.05) is 6.54 Å². The van der Waals surface area contributed by atoms with Crippen LogP contribution in [-0.4, -0.2) is 27.4 Å². The van der Waals surface area contributed by atoms with E-state index in [4.69, 9.17) is 5.10 Å². The molecule has 146 valence electrons. The van der Waals surface area contributed by atoms with E-state index in [-0.39, 0.29) is 5.56 Å². The minimum atomic E-state index is 0.127. The first-order chi connectivity index (χ1) is 13.3. The largest absolute Gasteiger partial charge is 0.314 e. The van der Waals surface area contributed by atoms with Crippen LogP contribution >= 0.6 is 0 Å². The topological polar surface area (TPSA) is 62.7 Å². The van der Waals surface area contributed by atoms with Gasteiger partial charge in [-0.3, -0.25) is 4.79 Å². The van der Waals surface area contributed by atoms with Crippen LogP contribution in [0.3, 0.4) is 0 Å². The summed E-state index contributed by atoms with van der Waals surface area (Å²) in [5.74, 6) is 0.599. The second-order valence-electron chi connectivity index (χ2n) is 8.87. The highest BCUT2D eigenvalue weighted by Gasteiger charge is 2.29. The van der Waals surface area contributed by atoms with Gasteiger partial charge in [-0.25, -0.2) is 4.68 Å². The number of nitrogens with one attached hydrogen (secondary N) is 2. The molecule has 5 rings (SSSR count). The Morgan fingerprint density at radius 2 is 1.78 bits per heavy atom. The zero-order chi connectivity index (χ0) is 18.2. The lowest BCUT2D eigenvalue weighted by Gasteiger charge is -2.25. The monoisotopic (exact) mass is 368 g/mol. The molecule has 2 aromatic heterocycles. The second kappa shape index (κ2) is 7.42. The average Bonchev–Trinajstić information content (AvgIpc) is 3.26. The summed E-state index contributed by atoms with van der Waals surface area (Å²) >= 11 is 0. The summed E-state index contributed by atoms with van der Waals surface area (Å²) in [6.07, 6.45) is 14.6. The molecule has 2 aromatic rings. The van der Waals surface area contributed by atoms with Crippen molar-refractivity contribution in [3.63, 3.8) is 0 Å². The van der Waals surface area contributed by atoms with E-state index in [1.165, 1.54) is 68.0 Å². The maximum Gasteiger partial charge on any atom is 0.253 e. The molecule has 2 saturated carbocycles. The van der Waals surface area contributed by atoms with E-state index in [0.29, 0.717) is 5.92 Å². The number of aryl methyl sites for hydroxylation is 2. The van der Waals surface area contributed by atoms with Crippen molar-refractivity contribution in [3.05, 3.63) is 27.2 Å². The van der Waals surface area contributed by atoms with Crippen molar-refractivity contribution in [2.45, 2.75) is 95.6 Å². The SMILES string of the molecule is O=c1[nH]c2c(c(C3CCC3)nn2CCCNC2CCCC2)c2c1CCCC2. The zero-order valence-corrected chi connectivity index (χ0v) is 16.4. The van der Waals surface area contributed by atoms with Gasteiger partial charge in [0.25, 0.3) is 5.56 Å². The fraction of sp³-hybridized carbons (Fsp3) is 0.727. The third kappa shape index (κ3) is 3.24. The molecule has 3 aliphatic rings. The van der Waals surface area contributed by atoms with Crippen molar-refractivity contribution >= 4 is 11.0 Å². The molecule has 0 radical (unpaired) electrons. The first-order valence-corrected chi connectivity index (χ1v) is 11.2. The standard InChI is InChI=1S/C22H32N4O/c27-22-18-12-4-3-11-17(18)19-20(15-7-5-8-15)25-26(21(19)24-22)14-6-13-23-16-9-1-2-10-16/h15-16,23H,1-14H2,(H,24,27). The normalized spacial score (nSPS) is 20.9. The Morgan fingerprint density at radius 3 is 2.52 bits per heavy atom. The zero-order valence-electron chi connectivity index (χ0n) is 16.4. The smallest absolute Gasteiger partial charge is 0.253 e. The summed E-state index contributed by atoms with van der Waals surface area (Å²) in [4.78, 5) is 15.9. The highest BCUT2D eigenvalue weighted by Crippen LogP contribution is 2.40. The van der Waals surface area contributed by atoms with Crippen molar-refractivity contribution in [2.24, 2.45) is 0 Å². The molecule has 0 spiro atoms. The summed E-state index contributed by atoms with van der Waals surface area (Å²) < 4.78 is 2.11. The van der Waals surface area contributed by atoms with Crippen molar-refractivity contribution in [1.29, 1.82) is 0 Å². The number of rotatable bonds is 6. The van der Waals surface area contributed by atoms with E-state index in [1.807, 2.05) is 0 Å². The summed E-state index contributed by atoms with van der Waals surface area (Å²) in [5, 5.41) is 10.1. The Balaban J connectivity index is 1.43. The maximum absolute atomic E-state index is 12.7. The van der Waals surface area contributed by atoms with Gasteiger partial charge in [0.05, 0.1) is 5.69 Å². The van der Waals surface area contributed by atoms with E-state index >= 15 is 0 Å². The molecule has 0 unspecified atom stereocenters. The summed E-state index contributed by atoms with van der Waals surface area (Å²) in [6.45, 7) is 1.93. The second-order valence-corrected chi connectivity index (χ2v) is 8.87. The third-order valence-corrected chi connectivity index (χ3v) is 7.08. The van der Waals surface area contributed by atoms with Gasteiger partial charge in [0.1, 0.15) is 5.65 Å². The molecular weight excluding hydrogens is 336 g/mol. The summed E-state index contributed by atoms with van der Waals surface area (Å²) in [7, 11) is 0. The molecule has 0 atom stereocenters. The maximum atomic E-state index is 12.7. The van der Waals surface area contributed by atoms with Crippen molar-refractivity contribution in [3.8, 4) is 0 Å². The lowest BCUT2D eigenvalue weighted by atomic mass is 9.80. The number of nitrogens with zero attached hydrogens (tertiary/aromatic N) is 2. The molecule has 27 heavy (non-hydrogen) atoms. The first kappa shape index (κ1) is 17.5. The Labute approximate surface area is 160 Å². The highest BCUT2D eigenvalue weighted by atomic mass is 16.1. The minimum absolute atomic E-state index is 0.127. The van der Waals surface area contributed by atoms with Crippen LogP contribution in [0.25, 0.3) is 11.0 Å². The van der Waals surface area contributed by atoms with Gasteiger partial charge in [-0.05, 0) is 69.9 Å². The number of aromatic nitrogens is 3. The molecule has 0 amide bonds. The van der Waals surface area contributed by atoms with Gasteiger partial charge in [0.15, 0.2) is 0 Å². The molecule has 2 fully saturated rings. The lowest BCUT2D eigenvalue weighted by Crippen LogP contribution is -2.27. The van der Waals surface area contributed by atoms with E-state index in [2.05, 4.69) is 15.0 Å². The first-order valence-electron chi connectivity index (χ1n) is 11.2. The average molecular weight is 369 g/mol. The molecule has 0 saturated heterocycles. The fourth-order valence-electron chi connectivity index (χ4n) is 5.31. The van der Waals surface area contributed by atoms with Gasteiger partial charge in [-0.2, -0.15) is 5.10 Å². The molecule has 0 aromatic carbocycles. The van der Waals surface area contributed by atoms with Gasteiger partial charge in [-0.1, -0.05) is 19.3 Å². The van der Waals surface area contributed by atoms with E-state index in [9.17, 15) is 4.79 Å². The van der Waals surface area contributed by atoms with Crippen LogP contribution < -0.4 is 10.9 Å². The van der Waals surface area contributed by atoms with Crippen LogP contribution in [0.4, 0.5) is 0 Å². The fourth-order valence-corrected chi connectivity index (χ4v) is 5.31. The number of pyridine rings is 1. The van der Waals surface area contributed by atoms with Crippen LogP contribution in [0.15, 0.2) is 4.79 Å². The third-order valence-electron chi connectivity index (χ3n) is 7.08. The van der Waals surface area contributed by atoms with Crippen LogP contribution in [0.2, 0.25) is 0 Å². The van der Waals surface area contributed by atoms with Crippen LogP contribution in [0.1, 0.15) is 86.9 Å². The van der Waals surface area contributed by atoms with E-state index in [0.717, 1.165) is 56.0 Å². The number of hydrogen-bond donors (Lipinski definition) is 2. The lowest BCUT2D eigenvalue weighted by molar-refractivity contribution is 0.406. The molecule has 5 heteroatoms. The van der Waals surface area contributed by atoms with Gasteiger partial charge in [-0.15, -0.1) is 0 Å². The van der Waals surface area contributed by atoms with Crippen molar-refractivity contribution < 1.29 is 0 Å². The van der Waals surface area contributed by atoms with Gasteiger partial charge >= 0.3 is 0 Å². The summed E-state index contributed by atoms with van der Waals surface area (Å²) in [5.41, 5.74) is 4.74. The van der Waals surface area contributed by atoms with Crippen LogP contribution in [0, 0.1) is 0 Å². The van der Waals surface area contributed by atoms with Gasteiger partial charge in [0.2, 0.25) is 0 Å². The predicted molar refractivity (Wildman–Crippen MR) is 108 cm³/mol. The number of H-pyrrole nitrogens is 1. The van der Waals surface area contributed by atoms with E-state index in [1.54, 1.807) is 0 Å². The van der Waals surface area contributed by atoms with Gasteiger partial charge in [0, 0.05) is 29.5 Å². The number of hydrogen-bond acceptors (Lipinski definition) is 3. The summed E-state index contributed by atoms with van der Waals surface area (Å²) in [6, 6.07) is 0.719. The molecule has 5 nitrogen and oxygen atoms in total. The Morgan fingerprint density at radius 1 is 1.00 bits per heavy atom. The van der Waals surface area contributed by atoms with Gasteiger partial charge < -0.3 is 10.3 Å². The molecule has 3 aliphatic carbocycles.